The summed E-state index contributed by atoms with van der Waals surface area (Å²) in [5, 5.41) is 0. The van der Waals surface area contributed by atoms with Crippen molar-refractivity contribution in [3.05, 3.63) is 47.5 Å². The molecule has 0 aliphatic heterocycles. The van der Waals surface area contributed by atoms with Crippen molar-refractivity contribution in [2.24, 2.45) is 5.73 Å². The fourth-order valence-electron chi connectivity index (χ4n) is 1.79. The van der Waals surface area contributed by atoms with Crippen LogP contribution in [0.15, 0.2) is 30.5 Å². The first-order valence-corrected chi connectivity index (χ1v) is 6.44. The van der Waals surface area contributed by atoms with Crippen LogP contribution in [0.3, 0.4) is 0 Å². The zero-order valence-corrected chi connectivity index (χ0v) is 11.2. The van der Waals surface area contributed by atoms with Crippen LogP contribution >= 0.6 is 0 Å². The fraction of sp³-hybridized carbons (Fsp3) is 0.333. The lowest BCUT2D eigenvalue weighted by molar-refractivity contribution is 0.618. The number of hydrogen-bond donors (Lipinski definition) is 1. The Morgan fingerprint density at radius 1 is 1.32 bits per heavy atom. The van der Waals surface area contributed by atoms with E-state index in [0.717, 1.165) is 12.1 Å². The predicted molar refractivity (Wildman–Crippen MR) is 74.1 cm³/mol. The summed E-state index contributed by atoms with van der Waals surface area (Å²) in [6.07, 6.45) is 3.30. The summed E-state index contributed by atoms with van der Waals surface area (Å²) in [6.45, 7) is 3.78. The maximum atomic E-state index is 13.6. The van der Waals surface area contributed by atoms with Gasteiger partial charge >= 0.3 is 0 Å². The van der Waals surface area contributed by atoms with Crippen molar-refractivity contribution in [2.45, 2.75) is 32.7 Å². The number of hydrogen-bond acceptors (Lipinski definition) is 3. The van der Waals surface area contributed by atoms with Crippen LogP contribution in [0.1, 0.15) is 24.6 Å². The molecule has 2 N–H and O–H groups in total. The molecule has 0 amide bonds. The van der Waals surface area contributed by atoms with Gasteiger partial charge in [0.15, 0.2) is 5.82 Å². The van der Waals surface area contributed by atoms with Crippen LogP contribution in [0.4, 0.5) is 4.39 Å². The van der Waals surface area contributed by atoms with Gasteiger partial charge in [0.1, 0.15) is 5.82 Å². The van der Waals surface area contributed by atoms with Crippen LogP contribution < -0.4 is 5.73 Å². The third-order valence-electron chi connectivity index (χ3n) is 3.14. The third-order valence-corrected chi connectivity index (χ3v) is 3.14. The molecule has 19 heavy (non-hydrogen) atoms. The number of nitrogens with two attached hydrogens (primary N) is 1. The molecule has 1 heterocycles. The summed E-state index contributed by atoms with van der Waals surface area (Å²) in [4.78, 5) is 8.64. The second-order valence-electron chi connectivity index (χ2n) is 4.71. The number of halogens is 1. The summed E-state index contributed by atoms with van der Waals surface area (Å²) >= 11 is 0. The Balaban J connectivity index is 2.29. The van der Waals surface area contributed by atoms with E-state index >= 15 is 0 Å². The fourth-order valence-corrected chi connectivity index (χ4v) is 1.79. The normalized spacial score (nSPS) is 12.4. The molecule has 2 aromatic rings. The van der Waals surface area contributed by atoms with Gasteiger partial charge in [0.2, 0.25) is 0 Å². The molecular weight excluding hydrogens is 241 g/mol. The monoisotopic (exact) mass is 259 g/mol. The van der Waals surface area contributed by atoms with Gasteiger partial charge in [-0.1, -0.05) is 19.1 Å². The third kappa shape index (κ3) is 3.35. The molecule has 0 saturated heterocycles. The molecule has 0 saturated carbocycles. The quantitative estimate of drug-likeness (QED) is 0.918. The van der Waals surface area contributed by atoms with Gasteiger partial charge in [-0.3, -0.25) is 0 Å². The minimum Gasteiger partial charge on any atom is -0.327 e. The van der Waals surface area contributed by atoms with Gasteiger partial charge in [-0.25, -0.2) is 14.4 Å². The van der Waals surface area contributed by atoms with E-state index in [-0.39, 0.29) is 11.9 Å². The lowest BCUT2D eigenvalue weighted by Gasteiger charge is -2.09. The van der Waals surface area contributed by atoms with Crippen LogP contribution in [-0.2, 0) is 6.42 Å². The van der Waals surface area contributed by atoms with Crippen molar-refractivity contribution in [1.82, 2.24) is 9.97 Å². The molecule has 0 bridgehead atoms. The number of rotatable bonds is 4. The van der Waals surface area contributed by atoms with E-state index < -0.39 is 0 Å². The average molecular weight is 259 g/mol. The summed E-state index contributed by atoms with van der Waals surface area (Å²) in [6, 6.07) is 6.98. The maximum absolute atomic E-state index is 13.6. The molecule has 100 valence electrons. The first-order valence-electron chi connectivity index (χ1n) is 6.44. The van der Waals surface area contributed by atoms with Gasteiger partial charge in [-0.05, 0) is 31.0 Å². The number of benzene rings is 1. The Morgan fingerprint density at radius 3 is 2.79 bits per heavy atom. The lowest BCUT2D eigenvalue weighted by atomic mass is 10.1. The Labute approximate surface area is 112 Å². The highest BCUT2D eigenvalue weighted by atomic mass is 19.1. The van der Waals surface area contributed by atoms with E-state index in [0.29, 0.717) is 23.4 Å². The van der Waals surface area contributed by atoms with Crippen molar-refractivity contribution in [2.75, 3.05) is 0 Å². The van der Waals surface area contributed by atoms with Gasteiger partial charge < -0.3 is 5.73 Å². The lowest BCUT2D eigenvalue weighted by Crippen LogP contribution is -2.22. The molecule has 4 heteroatoms. The number of nitrogens with zero attached hydrogens (tertiary/aromatic N) is 2. The highest BCUT2D eigenvalue weighted by Gasteiger charge is 2.07. The number of aryl methyl sites for hydroxylation is 1. The molecule has 3 nitrogen and oxygen atoms in total. The Hall–Kier alpha value is -1.81. The summed E-state index contributed by atoms with van der Waals surface area (Å²) in [5.74, 6) is 0.302. The van der Waals surface area contributed by atoms with Crippen molar-refractivity contribution < 1.29 is 4.39 Å². The van der Waals surface area contributed by atoms with E-state index in [1.165, 1.54) is 6.07 Å². The zero-order valence-electron chi connectivity index (χ0n) is 11.2. The Bertz CT molecular complexity index is 569. The van der Waals surface area contributed by atoms with Crippen LogP contribution in [-0.4, -0.2) is 16.0 Å². The Kier molecular flexibility index (Phi) is 4.22. The SMILES string of the molecule is CCC(N)Cc1ccnc(-c2ccc(C)c(F)c2)n1. The molecule has 0 aliphatic carbocycles. The minimum absolute atomic E-state index is 0.0949. The molecule has 1 aromatic heterocycles. The predicted octanol–water partition coefficient (Wildman–Crippen LogP) is 2.87. The second kappa shape index (κ2) is 5.89. The molecular formula is C15H18FN3. The van der Waals surface area contributed by atoms with E-state index in [1.54, 1.807) is 19.2 Å². The van der Waals surface area contributed by atoms with Crippen molar-refractivity contribution in [3.63, 3.8) is 0 Å². The molecule has 0 radical (unpaired) electrons. The van der Waals surface area contributed by atoms with E-state index in [1.807, 2.05) is 19.1 Å². The highest BCUT2D eigenvalue weighted by molar-refractivity contribution is 5.55. The summed E-state index contributed by atoms with van der Waals surface area (Å²) in [7, 11) is 0. The van der Waals surface area contributed by atoms with E-state index in [9.17, 15) is 4.39 Å². The topological polar surface area (TPSA) is 51.8 Å². The molecule has 1 aromatic carbocycles. The van der Waals surface area contributed by atoms with Gasteiger partial charge in [-0.2, -0.15) is 0 Å². The zero-order chi connectivity index (χ0) is 13.8. The first kappa shape index (κ1) is 13.6. The minimum atomic E-state index is -0.239. The second-order valence-corrected chi connectivity index (χ2v) is 4.71. The summed E-state index contributed by atoms with van der Waals surface area (Å²) in [5.41, 5.74) is 8.11. The van der Waals surface area contributed by atoms with Gasteiger partial charge in [0.25, 0.3) is 0 Å². The van der Waals surface area contributed by atoms with Gasteiger partial charge in [0, 0.05) is 29.9 Å². The first-order chi connectivity index (χ1) is 9.10. The van der Waals surface area contributed by atoms with Gasteiger partial charge in [-0.15, -0.1) is 0 Å². The standard InChI is InChI=1S/C15H18FN3/c1-3-12(17)9-13-6-7-18-15(19-13)11-5-4-10(2)14(16)8-11/h4-8,12H,3,9,17H2,1-2H3. The van der Waals surface area contributed by atoms with Crippen LogP contribution in [0.25, 0.3) is 11.4 Å². The van der Waals surface area contributed by atoms with Crippen LogP contribution in [0, 0.1) is 12.7 Å². The molecule has 0 aliphatic rings. The smallest absolute Gasteiger partial charge is 0.159 e. The van der Waals surface area contributed by atoms with E-state index in [2.05, 4.69) is 9.97 Å². The molecule has 1 unspecified atom stereocenters. The molecule has 2 rings (SSSR count). The molecule has 0 spiro atoms. The largest absolute Gasteiger partial charge is 0.327 e. The van der Waals surface area contributed by atoms with Crippen LogP contribution in [0.5, 0.6) is 0 Å². The van der Waals surface area contributed by atoms with Crippen LogP contribution in [0.2, 0.25) is 0 Å². The number of aromatic nitrogens is 2. The van der Waals surface area contributed by atoms with Crippen molar-refractivity contribution >= 4 is 0 Å². The molecule has 1 atom stereocenters. The van der Waals surface area contributed by atoms with Crippen molar-refractivity contribution in [1.29, 1.82) is 0 Å². The highest BCUT2D eigenvalue weighted by Crippen LogP contribution is 2.18. The molecule has 0 fully saturated rings. The van der Waals surface area contributed by atoms with E-state index in [4.69, 9.17) is 5.73 Å². The van der Waals surface area contributed by atoms with Gasteiger partial charge in [0.05, 0.1) is 0 Å². The summed E-state index contributed by atoms with van der Waals surface area (Å²) < 4.78 is 13.6. The van der Waals surface area contributed by atoms with Crippen molar-refractivity contribution in [3.8, 4) is 11.4 Å². The Morgan fingerprint density at radius 2 is 2.11 bits per heavy atom. The maximum Gasteiger partial charge on any atom is 0.159 e. The average Bonchev–Trinajstić information content (AvgIpc) is 2.42.